The van der Waals surface area contributed by atoms with E-state index >= 15 is 0 Å². The van der Waals surface area contributed by atoms with Crippen LogP contribution in [0.15, 0.2) is 0 Å². The maximum Gasteiger partial charge on any atom is 0.407 e. The molecule has 0 aromatic heterocycles. The van der Waals surface area contributed by atoms with Crippen molar-refractivity contribution in [3.8, 4) is 0 Å². The fourth-order valence-corrected chi connectivity index (χ4v) is 1.49. The number of alkyl carbamates (subject to hydrolysis) is 1. The van der Waals surface area contributed by atoms with Crippen molar-refractivity contribution in [3.63, 3.8) is 0 Å². The van der Waals surface area contributed by atoms with Gasteiger partial charge in [0, 0.05) is 19.0 Å². The topological polar surface area (TPSA) is 67.9 Å². The summed E-state index contributed by atoms with van der Waals surface area (Å²) >= 11 is 0. The average molecular weight is 274 g/mol. The number of hydrogen-bond donors (Lipinski definition) is 1. The summed E-state index contributed by atoms with van der Waals surface area (Å²) in [6.45, 7) is 2.93. The van der Waals surface area contributed by atoms with E-state index in [1.54, 1.807) is 0 Å². The lowest BCUT2D eigenvalue weighted by Gasteiger charge is -2.24. The molecule has 0 aliphatic rings. The third kappa shape index (κ3) is 9.30. The van der Waals surface area contributed by atoms with E-state index in [1.807, 2.05) is 25.9 Å². The Hall–Kier alpha value is -1.30. The zero-order valence-corrected chi connectivity index (χ0v) is 12.4. The Morgan fingerprint density at radius 1 is 1.32 bits per heavy atom. The first kappa shape index (κ1) is 17.7. The highest BCUT2D eigenvalue weighted by atomic mass is 16.5. The minimum atomic E-state index is -0.404. The van der Waals surface area contributed by atoms with Crippen LogP contribution in [0.2, 0.25) is 0 Å². The lowest BCUT2D eigenvalue weighted by molar-refractivity contribution is -0.140. The first-order chi connectivity index (χ1) is 9.01. The first-order valence-electron chi connectivity index (χ1n) is 6.65. The fraction of sp³-hybridized carbons (Fsp3) is 0.846. The Morgan fingerprint density at radius 2 is 2.00 bits per heavy atom. The molecule has 0 bridgehead atoms. The fourth-order valence-electron chi connectivity index (χ4n) is 1.49. The van der Waals surface area contributed by atoms with Crippen LogP contribution < -0.4 is 5.32 Å². The van der Waals surface area contributed by atoms with Crippen LogP contribution in [-0.2, 0) is 14.3 Å². The molecular weight excluding hydrogens is 248 g/mol. The number of hydrogen-bond acceptors (Lipinski definition) is 5. The van der Waals surface area contributed by atoms with Crippen molar-refractivity contribution in [1.29, 1.82) is 0 Å². The predicted molar refractivity (Wildman–Crippen MR) is 73.0 cm³/mol. The third-order valence-electron chi connectivity index (χ3n) is 2.85. The van der Waals surface area contributed by atoms with Crippen LogP contribution in [0.3, 0.4) is 0 Å². The zero-order valence-electron chi connectivity index (χ0n) is 12.4. The zero-order chi connectivity index (χ0) is 14.7. The van der Waals surface area contributed by atoms with Crippen LogP contribution in [0, 0.1) is 0 Å². The summed E-state index contributed by atoms with van der Waals surface area (Å²) in [5.74, 6) is -0.239. The van der Waals surface area contributed by atoms with E-state index in [-0.39, 0.29) is 12.0 Å². The smallest absolute Gasteiger partial charge is 0.407 e. The van der Waals surface area contributed by atoms with Gasteiger partial charge in [-0.15, -0.1) is 0 Å². The molecule has 19 heavy (non-hydrogen) atoms. The Balaban J connectivity index is 3.93. The van der Waals surface area contributed by atoms with E-state index < -0.39 is 6.09 Å². The van der Waals surface area contributed by atoms with Crippen molar-refractivity contribution in [1.82, 2.24) is 10.2 Å². The van der Waals surface area contributed by atoms with E-state index in [4.69, 9.17) is 4.74 Å². The van der Waals surface area contributed by atoms with Gasteiger partial charge >= 0.3 is 12.1 Å². The number of carbonyl (C=O) groups is 2. The van der Waals surface area contributed by atoms with Crippen LogP contribution in [0.1, 0.15) is 32.6 Å². The maximum absolute atomic E-state index is 11.4. The van der Waals surface area contributed by atoms with Crippen molar-refractivity contribution in [2.75, 3.05) is 34.4 Å². The summed E-state index contributed by atoms with van der Waals surface area (Å²) in [5.41, 5.74) is 0. The number of rotatable bonds is 9. The van der Waals surface area contributed by atoms with Gasteiger partial charge in [-0.25, -0.2) is 4.79 Å². The van der Waals surface area contributed by atoms with E-state index in [9.17, 15) is 9.59 Å². The maximum atomic E-state index is 11.4. The summed E-state index contributed by atoms with van der Waals surface area (Å²) in [6, 6.07) is 0.0813. The van der Waals surface area contributed by atoms with Crippen molar-refractivity contribution in [3.05, 3.63) is 0 Å². The van der Waals surface area contributed by atoms with Crippen LogP contribution >= 0.6 is 0 Å². The van der Waals surface area contributed by atoms with Crippen molar-refractivity contribution < 1.29 is 19.1 Å². The lowest BCUT2D eigenvalue weighted by Crippen LogP contribution is -2.40. The molecule has 0 radical (unpaired) electrons. The van der Waals surface area contributed by atoms with Crippen LogP contribution in [-0.4, -0.2) is 57.4 Å². The first-order valence-corrected chi connectivity index (χ1v) is 6.65. The molecule has 0 heterocycles. The quantitative estimate of drug-likeness (QED) is 0.508. The van der Waals surface area contributed by atoms with Crippen LogP contribution in [0.5, 0.6) is 0 Å². The molecule has 0 aliphatic heterocycles. The normalized spacial score (nSPS) is 12.1. The van der Waals surface area contributed by atoms with Gasteiger partial charge in [0.05, 0.1) is 13.7 Å². The molecule has 1 N–H and O–H groups in total. The highest BCUT2D eigenvalue weighted by molar-refractivity contribution is 5.69. The lowest BCUT2D eigenvalue weighted by atomic mass is 10.1. The molecule has 0 saturated carbocycles. The molecule has 1 amide bonds. The Bertz CT molecular complexity index is 269. The Labute approximate surface area is 115 Å². The van der Waals surface area contributed by atoms with Gasteiger partial charge in [-0.1, -0.05) is 13.3 Å². The van der Waals surface area contributed by atoms with Gasteiger partial charge in [-0.05, 0) is 26.9 Å². The van der Waals surface area contributed by atoms with Crippen molar-refractivity contribution in [2.24, 2.45) is 0 Å². The number of nitrogens with one attached hydrogen (secondary N) is 1. The molecule has 0 spiro atoms. The Morgan fingerprint density at radius 3 is 2.53 bits per heavy atom. The molecule has 6 heteroatoms. The van der Waals surface area contributed by atoms with Gasteiger partial charge < -0.3 is 19.7 Å². The molecule has 0 aromatic carbocycles. The van der Waals surface area contributed by atoms with Gasteiger partial charge in [0.25, 0.3) is 0 Å². The van der Waals surface area contributed by atoms with Crippen LogP contribution in [0.4, 0.5) is 4.79 Å². The summed E-state index contributed by atoms with van der Waals surface area (Å²) in [4.78, 5) is 24.5. The molecule has 0 saturated heterocycles. The highest BCUT2D eigenvalue weighted by Crippen LogP contribution is 2.03. The van der Waals surface area contributed by atoms with Crippen LogP contribution in [0.25, 0.3) is 0 Å². The molecule has 112 valence electrons. The van der Waals surface area contributed by atoms with Gasteiger partial charge in [-0.2, -0.15) is 0 Å². The molecular formula is C13H26N2O4. The molecule has 1 atom stereocenters. The van der Waals surface area contributed by atoms with E-state index in [0.717, 1.165) is 12.8 Å². The number of likely N-dealkylation sites (N-methyl/N-ethyl adjacent to an activating group) is 1. The third-order valence-corrected chi connectivity index (χ3v) is 2.85. The summed E-state index contributed by atoms with van der Waals surface area (Å²) in [5, 5.41) is 2.71. The predicted octanol–water partition coefficient (Wildman–Crippen LogP) is 1.40. The largest absolute Gasteiger partial charge is 0.469 e. The Kier molecular flexibility index (Phi) is 9.88. The second-order valence-electron chi connectivity index (χ2n) is 4.60. The molecule has 0 aromatic rings. The molecule has 0 rings (SSSR count). The number of nitrogens with zero attached hydrogens (tertiary/aromatic N) is 1. The number of carbonyl (C=O) groups excluding carboxylic acids is 2. The second kappa shape index (κ2) is 10.6. The van der Waals surface area contributed by atoms with E-state index in [0.29, 0.717) is 26.0 Å². The van der Waals surface area contributed by atoms with Gasteiger partial charge in [0.1, 0.15) is 0 Å². The molecule has 0 aliphatic carbocycles. The summed E-state index contributed by atoms with van der Waals surface area (Å²) < 4.78 is 9.60. The van der Waals surface area contributed by atoms with Gasteiger partial charge in [0.15, 0.2) is 0 Å². The second-order valence-corrected chi connectivity index (χ2v) is 4.60. The molecule has 6 nitrogen and oxygen atoms in total. The highest BCUT2D eigenvalue weighted by Gasteiger charge is 2.15. The van der Waals surface area contributed by atoms with E-state index in [1.165, 1.54) is 7.11 Å². The minimum Gasteiger partial charge on any atom is -0.469 e. The van der Waals surface area contributed by atoms with Gasteiger partial charge in [0.2, 0.25) is 0 Å². The van der Waals surface area contributed by atoms with Crippen molar-refractivity contribution >= 4 is 12.1 Å². The van der Waals surface area contributed by atoms with Gasteiger partial charge in [-0.3, -0.25) is 4.79 Å². The summed E-state index contributed by atoms with van der Waals surface area (Å²) in [6.07, 6.45) is 2.43. The summed E-state index contributed by atoms with van der Waals surface area (Å²) in [7, 11) is 5.19. The molecule has 0 fully saturated rings. The molecule has 1 unspecified atom stereocenters. The number of methoxy groups -OCH3 is 1. The minimum absolute atomic E-state index is 0.0813. The number of amides is 1. The SMILES string of the molecule is CCCCOC(=O)NCC(CCC(=O)OC)N(C)C. The standard InChI is InChI=1S/C13H26N2O4/c1-5-6-9-19-13(17)14-10-11(15(2)3)7-8-12(16)18-4/h11H,5-10H2,1-4H3,(H,14,17). The van der Waals surface area contributed by atoms with Crippen molar-refractivity contribution in [2.45, 2.75) is 38.6 Å². The van der Waals surface area contributed by atoms with E-state index in [2.05, 4.69) is 10.1 Å². The number of ether oxygens (including phenoxy) is 2. The monoisotopic (exact) mass is 274 g/mol. The number of esters is 1. The average Bonchev–Trinajstić information content (AvgIpc) is 2.38. The number of unbranched alkanes of at least 4 members (excludes halogenated alkanes) is 1.